The third-order valence-electron chi connectivity index (χ3n) is 4.42. The Bertz CT molecular complexity index is 562. The molecule has 2 aliphatic rings. The molecule has 1 heterocycles. The Kier molecular flexibility index (Phi) is 3.12. The lowest BCUT2D eigenvalue weighted by molar-refractivity contribution is -0.126. The molecule has 1 spiro atoms. The van der Waals surface area contributed by atoms with E-state index in [1.165, 1.54) is 12.5 Å². The highest BCUT2D eigenvalue weighted by Gasteiger charge is 2.41. The van der Waals surface area contributed by atoms with E-state index in [9.17, 15) is 9.59 Å². The smallest absolute Gasteiger partial charge is 0.335 e. The third-order valence-corrected chi connectivity index (χ3v) is 4.42. The van der Waals surface area contributed by atoms with Gasteiger partial charge in [0.1, 0.15) is 0 Å². The highest BCUT2D eigenvalue weighted by Crippen LogP contribution is 2.40. The molecule has 1 aromatic rings. The van der Waals surface area contributed by atoms with Crippen LogP contribution in [0.2, 0.25) is 0 Å². The summed E-state index contributed by atoms with van der Waals surface area (Å²) in [6.45, 7) is 0.578. The zero-order valence-electron chi connectivity index (χ0n) is 11.2. The van der Waals surface area contributed by atoms with Gasteiger partial charge in [0.05, 0.1) is 22.4 Å². The molecule has 3 rings (SSSR count). The number of amides is 1. The Hall–Kier alpha value is -2.04. The summed E-state index contributed by atoms with van der Waals surface area (Å²) in [6, 6.07) is 4.76. The first-order valence-electron chi connectivity index (χ1n) is 7.03. The van der Waals surface area contributed by atoms with Gasteiger partial charge in [-0.15, -0.1) is 0 Å². The van der Waals surface area contributed by atoms with Crippen LogP contribution in [0.25, 0.3) is 0 Å². The lowest BCUT2D eigenvalue weighted by Gasteiger charge is -2.34. The molecule has 1 aromatic carbocycles. The van der Waals surface area contributed by atoms with Crippen LogP contribution < -0.4 is 10.6 Å². The van der Waals surface area contributed by atoms with Gasteiger partial charge in [0.2, 0.25) is 5.91 Å². The van der Waals surface area contributed by atoms with Crippen LogP contribution in [-0.2, 0) is 4.79 Å². The molecule has 1 aliphatic carbocycles. The van der Waals surface area contributed by atoms with E-state index < -0.39 is 5.97 Å². The lowest BCUT2D eigenvalue weighted by Crippen LogP contribution is -2.41. The van der Waals surface area contributed by atoms with Crippen molar-refractivity contribution in [1.29, 1.82) is 0 Å². The fraction of sp³-hybridized carbons (Fsp3) is 0.467. The number of carbonyl (C=O) groups is 2. The molecule has 3 N–H and O–H groups in total. The average molecular weight is 274 g/mol. The van der Waals surface area contributed by atoms with Crippen molar-refractivity contribution in [3.8, 4) is 0 Å². The zero-order valence-corrected chi connectivity index (χ0v) is 11.2. The number of fused-ring (bicyclic) bond motifs is 1. The summed E-state index contributed by atoms with van der Waals surface area (Å²) in [4.78, 5) is 23.5. The zero-order chi connectivity index (χ0) is 14.2. The molecule has 1 amide bonds. The van der Waals surface area contributed by atoms with Crippen LogP contribution >= 0.6 is 0 Å². The topological polar surface area (TPSA) is 78.4 Å². The van der Waals surface area contributed by atoms with Crippen molar-refractivity contribution in [3.63, 3.8) is 0 Å². The summed E-state index contributed by atoms with van der Waals surface area (Å²) < 4.78 is 0. The van der Waals surface area contributed by atoms with Crippen molar-refractivity contribution >= 4 is 23.3 Å². The van der Waals surface area contributed by atoms with Gasteiger partial charge in [-0.1, -0.05) is 19.3 Å². The van der Waals surface area contributed by atoms with Crippen molar-refractivity contribution in [2.24, 2.45) is 5.41 Å². The van der Waals surface area contributed by atoms with Crippen LogP contribution in [0.3, 0.4) is 0 Å². The Balaban J connectivity index is 1.92. The number of carboxylic acids is 1. The van der Waals surface area contributed by atoms with Gasteiger partial charge in [-0.3, -0.25) is 4.79 Å². The van der Waals surface area contributed by atoms with Gasteiger partial charge in [-0.05, 0) is 31.0 Å². The highest BCUT2D eigenvalue weighted by atomic mass is 16.4. The molecule has 1 saturated carbocycles. The second-order valence-corrected chi connectivity index (χ2v) is 5.71. The van der Waals surface area contributed by atoms with E-state index >= 15 is 0 Å². The van der Waals surface area contributed by atoms with Crippen LogP contribution in [-0.4, -0.2) is 23.5 Å². The van der Waals surface area contributed by atoms with Gasteiger partial charge in [0.15, 0.2) is 0 Å². The molecule has 1 aliphatic heterocycles. The Morgan fingerprint density at radius 1 is 1.15 bits per heavy atom. The molecule has 0 radical (unpaired) electrons. The first-order valence-corrected chi connectivity index (χ1v) is 7.03. The average Bonchev–Trinajstić information content (AvgIpc) is 2.58. The van der Waals surface area contributed by atoms with E-state index in [4.69, 9.17) is 5.11 Å². The number of benzene rings is 1. The van der Waals surface area contributed by atoms with E-state index in [0.717, 1.165) is 25.7 Å². The highest BCUT2D eigenvalue weighted by molar-refractivity contribution is 6.01. The summed E-state index contributed by atoms with van der Waals surface area (Å²) in [7, 11) is 0. The van der Waals surface area contributed by atoms with Crippen LogP contribution in [0.1, 0.15) is 42.5 Å². The minimum absolute atomic E-state index is 0.0616. The Labute approximate surface area is 117 Å². The second-order valence-electron chi connectivity index (χ2n) is 5.71. The number of aromatic carboxylic acids is 1. The van der Waals surface area contributed by atoms with Gasteiger partial charge >= 0.3 is 5.97 Å². The Morgan fingerprint density at radius 2 is 1.90 bits per heavy atom. The molecule has 0 atom stereocenters. The largest absolute Gasteiger partial charge is 0.478 e. The minimum atomic E-state index is -0.961. The maximum absolute atomic E-state index is 12.5. The monoisotopic (exact) mass is 274 g/mol. The number of rotatable bonds is 1. The van der Waals surface area contributed by atoms with E-state index in [1.807, 2.05) is 0 Å². The van der Waals surface area contributed by atoms with Crippen LogP contribution in [0.4, 0.5) is 11.4 Å². The number of anilines is 2. The summed E-state index contributed by atoms with van der Waals surface area (Å²) in [5, 5.41) is 15.3. The van der Waals surface area contributed by atoms with Crippen molar-refractivity contribution in [2.45, 2.75) is 32.1 Å². The summed E-state index contributed by atoms with van der Waals surface area (Å²) >= 11 is 0. The SMILES string of the molecule is O=C(O)c1ccc2c(c1)NCC1(CCCCC1)C(=O)N2. The molecular formula is C15H18N2O3. The predicted molar refractivity (Wildman–Crippen MR) is 76.0 cm³/mol. The molecule has 0 bridgehead atoms. The van der Waals surface area contributed by atoms with Gasteiger partial charge in [0, 0.05) is 6.54 Å². The standard InChI is InChI=1S/C15H18N2O3/c18-13(19)10-4-5-11-12(8-10)16-9-15(14(20)17-11)6-2-1-3-7-15/h4-5,8,16H,1-3,6-7,9H2,(H,17,20)(H,18,19). The normalized spacial score (nSPS) is 20.5. The number of hydrogen-bond acceptors (Lipinski definition) is 3. The molecule has 0 saturated heterocycles. The molecule has 20 heavy (non-hydrogen) atoms. The van der Waals surface area contributed by atoms with E-state index in [1.54, 1.807) is 12.1 Å². The molecule has 106 valence electrons. The van der Waals surface area contributed by atoms with Crippen LogP contribution in [0.5, 0.6) is 0 Å². The Morgan fingerprint density at radius 3 is 2.60 bits per heavy atom. The number of hydrogen-bond donors (Lipinski definition) is 3. The maximum Gasteiger partial charge on any atom is 0.335 e. The van der Waals surface area contributed by atoms with Crippen molar-refractivity contribution < 1.29 is 14.7 Å². The lowest BCUT2D eigenvalue weighted by atomic mass is 9.73. The van der Waals surface area contributed by atoms with Crippen molar-refractivity contribution in [1.82, 2.24) is 0 Å². The van der Waals surface area contributed by atoms with Crippen molar-refractivity contribution in [2.75, 3.05) is 17.2 Å². The first kappa shape index (κ1) is 13.0. The van der Waals surface area contributed by atoms with Gasteiger partial charge in [-0.25, -0.2) is 4.79 Å². The number of carboxylic acid groups (broad SMARTS) is 1. The molecule has 0 aromatic heterocycles. The summed E-state index contributed by atoms with van der Waals surface area (Å²) in [5.74, 6) is -0.899. The van der Waals surface area contributed by atoms with Gasteiger partial charge < -0.3 is 15.7 Å². The predicted octanol–water partition coefficient (Wildman–Crippen LogP) is 2.70. The van der Waals surface area contributed by atoms with E-state index in [-0.39, 0.29) is 16.9 Å². The van der Waals surface area contributed by atoms with Gasteiger partial charge in [-0.2, -0.15) is 0 Å². The second kappa shape index (κ2) is 4.81. The fourth-order valence-corrected chi connectivity index (χ4v) is 3.16. The number of carbonyl (C=O) groups excluding carboxylic acids is 1. The van der Waals surface area contributed by atoms with Crippen molar-refractivity contribution in [3.05, 3.63) is 23.8 Å². The maximum atomic E-state index is 12.5. The van der Waals surface area contributed by atoms with E-state index in [0.29, 0.717) is 17.9 Å². The van der Waals surface area contributed by atoms with Crippen LogP contribution in [0, 0.1) is 5.41 Å². The molecule has 0 unspecified atom stereocenters. The van der Waals surface area contributed by atoms with Crippen LogP contribution in [0.15, 0.2) is 18.2 Å². The molecule has 5 nitrogen and oxygen atoms in total. The molecular weight excluding hydrogens is 256 g/mol. The number of nitrogens with one attached hydrogen (secondary N) is 2. The quantitative estimate of drug-likeness (QED) is 0.735. The molecule has 1 fully saturated rings. The third kappa shape index (κ3) is 2.13. The van der Waals surface area contributed by atoms with Gasteiger partial charge in [0.25, 0.3) is 0 Å². The fourth-order valence-electron chi connectivity index (χ4n) is 3.16. The summed E-state index contributed by atoms with van der Waals surface area (Å²) in [6.07, 6.45) is 5.13. The minimum Gasteiger partial charge on any atom is -0.478 e. The summed E-state index contributed by atoms with van der Waals surface area (Å²) in [5.41, 5.74) is 1.24. The molecule has 5 heteroatoms. The first-order chi connectivity index (χ1) is 9.61. The van der Waals surface area contributed by atoms with E-state index in [2.05, 4.69) is 10.6 Å².